The van der Waals surface area contributed by atoms with Crippen molar-refractivity contribution in [1.82, 2.24) is 4.90 Å². The van der Waals surface area contributed by atoms with Gasteiger partial charge in [0.25, 0.3) is 0 Å². The highest BCUT2D eigenvalue weighted by atomic mass is 16.5. The maximum Gasteiger partial charge on any atom is 0.320 e. The van der Waals surface area contributed by atoms with E-state index in [2.05, 4.69) is 12.1 Å². The summed E-state index contributed by atoms with van der Waals surface area (Å²) in [4.78, 5) is 12.7. The first kappa shape index (κ1) is 12.9. The fourth-order valence-electron chi connectivity index (χ4n) is 2.08. The molecule has 0 unspecified atom stereocenters. The second kappa shape index (κ2) is 5.40. The first-order valence-electron chi connectivity index (χ1n) is 6.25. The molecule has 1 atom stereocenters. The van der Waals surface area contributed by atoms with Gasteiger partial charge in [0.15, 0.2) is 0 Å². The van der Waals surface area contributed by atoms with E-state index in [-0.39, 0.29) is 0 Å². The average Bonchev–Trinajstić information content (AvgIpc) is 2.82. The molecule has 2 rings (SSSR count). The van der Waals surface area contributed by atoms with Crippen LogP contribution in [0.4, 0.5) is 0 Å². The van der Waals surface area contributed by atoms with Crippen LogP contribution in [0.25, 0.3) is 0 Å². The topological polar surface area (TPSA) is 49.8 Å². The molecule has 0 bridgehead atoms. The zero-order valence-electron chi connectivity index (χ0n) is 10.8. The lowest BCUT2D eigenvalue weighted by Crippen LogP contribution is -2.37. The average molecular weight is 249 g/mol. The monoisotopic (exact) mass is 249 g/mol. The number of hydrogen-bond donors (Lipinski definition) is 1. The van der Waals surface area contributed by atoms with Crippen molar-refractivity contribution in [1.29, 1.82) is 0 Å². The van der Waals surface area contributed by atoms with Gasteiger partial charge in [-0.1, -0.05) is 12.1 Å². The van der Waals surface area contributed by atoms with E-state index in [1.807, 2.05) is 18.0 Å². The van der Waals surface area contributed by atoms with Gasteiger partial charge in [0, 0.05) is 13.0 Å². The number of aliphatic carboxylic acids is 1. The fraction of sp³-hybridized carbons (Fsp3) is 0.500. The summed E-state index contributed by atoms with van der Waals surface area (Å²) in [6, 6.07) is 5.80. The van der Waals surface area contributed by atoms with Crippen LogP contribution in [-0.4, -0.2) is 42.2 Å². The molecule has 98 valence electrons. The minimum atomic E-state index is -0.778. The van der Waals surface area contributed by atoms with E-state index in [1.165, 1.54) is 11.1 Å². The zero-order chi connectivity index (χ0) is 13.1. The number of ether oxygens (including phenoxy) is 1. The number of carbonyl (C=O) groups is 1. The van der Waals surface area contributed by atoms with Crippen molar-refractivity contribution in [3.63, 3.8) is 0 Å². The molecule has 1 N–H and O–H groups in total. The van der Waals surface area contributed by atoms with E-state index in [4.69, 9.17) is 9.84 Å². The van der Waals surface area contributed by atoms with Crippen LogP contribution in [0.1, 0.15) is 18.1 Å². The van der Waals surface area contributed by atoms with E-state index in [9.17, 15) is 4.79 Å². The lowest BCUT2D eigenvalue weighted by molar-refractivity contribution is -0.142. The molecule has 4 heteroatoms. The van der Waals surface area contributed by atoms with Gasteiger partial charge in [-0.25, -0.2) is 0 Å². The molecule has 0 radical (unpaired) electrons. The lowest BCUT2D eigenvalue weighted by atomic mass is 10.1. The summed E-state index contributed by atoms with van der Waals surface area (Å²) < 4.78 is 5.46. The standard InChI is InChI=1S/C14H19NO3/c1-10(14(16)17)15(2)7-5-11-3-4-13-12(9-11)6-8-18-13/h3-4,9-10H,5-8H2,1-2H3,(H,16,17)/t10-/m1/s1. The molecule has 18 heavy (non-hydrogen) atoms. The summed E-state index contributed by atoms with van der Waals surface area (Å²) in [5.41, 5.74) is 2.50. The third-order valence-electron chi connectivity index (χ3n) is 3.53. The summed E-state index contributed by atoms with van der Waals surface area (Å²) in [6.07, 6.45) is 1.84. The zero-order valence-corrected chi connectivity index (χ0v) is 10.8. The van der Waals surface area contributed by atoms with Crippen molar-refractivity contribution < 1.29 is 14.6 Å². The van der Waals surface area contributed by atoms with Crippen molar-refractivity contribution in [3.05, 3.63) is 29.3 Å². The maximum absolute atomic E-state index is 10.8. The molecule has 4 nitrogen and oxygen atoms in total. The number of hydrogen-bond acceptors (Lipinski definition) is 3. The Morgan fingerprint density at radius 2 is 2.33 bits per heavy atom. The van der Waals surface area contributed by atoms with Gasteiger partial charge in [-0.15, -0.1) is 0 Å². The molecule has 0 aliphatic carbocycles. The molecule has 0 aromatic heterocycles. The van der Waals surface area contributed by atoms with Gasteiger partial charge in [-0.05, 0) is 37.6 Å². The van der Waals surface area contributed by atoms with Crippen molar-refractivity contribution in [2.45, 2.75) is 25.8 Å². The van der Waals surface area contributed by atoms with Crippen LogP contribution in [0.15, 0.2) is 18.2 Å². The number of carboxylic acids is 1. The fourth-order valence-corrected chi connectivity index (χ4v) is 2.08. The van der Waals surface area contributed by atoms with Crippen molar-refractivity contribution in [2.75, 3.05) is 20.2 Å². The molecule has 1 aromatic rings. The molecule has 1 aliphatic heterocycles. The molecular formula is C14H19NO3. The van der Waals surface area contributed by atoms with E-state index >= 15 is 0 Å². The number of likely N-dealkylation sites (N-methyl/N-ethyl adjacent to an activating group) is 1. The Morgan fingerprint density at radius 1 is 1.56 bits per heavy atom. The van der Waals surface area contributed by atoms with Crippen molar-refractivity contribution in [3.8, 4) is 5.75 Å². The van der Waals surface area contributed by atoms with Gasteiger partial charge in [-0.3, -0.25) is 9.69 Å². The third kappa shape index (κ3) is 2.82. The maximum atomic E-state index is 10.8. The Hall–Kier alpha value is -1.55. The minimum Gasteiger partial charge on any atom is -0.493 e. The van der Waals surface area contributed by atoms with Gasteiger partial charge in [0.05, 0.1) is 6.61 Å². The first-order valence-corrected chi connectivity index (χ1v) is 6.25. The highest BCUT2D eigenvalue weighted by molar-refractivity contribution is 5.72. The quantitative estimate of drug-likeness (QED) is 0.860. The van der Waals surface area contributed by atoms with E-state index in [1.54, 1.807) is 6.92 Å². The highest BCUT2D eigenvalue weighted by Gasteiger charge is 2.17. The van der Waals surface area contributed by atoms with Gasteiger partial charge in [-0.2, -0.15) is 0 Å². The molecule has 1 aliphatic rings. The molecule has 0 amide bonds. The van der Waals surface area contributed by atoms with Crippen LogP contribution in [0.5, 0.6) is 5.75 Å². The predicted molar refractivity (Wildman–Crippen MR) is 69.1 cm³/mol. The normalized spacial score (nSPS) is 15.3. The van der Waals surface area contributed by atoms with Crippen LogP contribution < -0.4 is 4.74 Å². The molecule has 0 spiro atoms. The van der Waals surface area contributed by atoms with E-state index in [0.717, 1.165) is 31.7 Å². The Bertz CT molecular complexity index is 445. The second-order valence-corrected chi connectivity index (χ2v) is 4.79. The number of benzene rings is 1. The molecule has 0 saturated heterocycles. The van der Waals surface area contributed by atoms with Gasteiger partial charge < -0.3 is 9.84 Å². The smallest absolute Gasteiger partial charge is 0.320 e. The Kier molecular flexibility index (Phi) is 3.87. The Morgan fingerprint density at radius 3 is 3.06 bits per heavy atom. The lowest BCUT2D eigenvalue weighted by Gasteiger charge is -2.20. The van der Waals surface area contributed by atoms with Crippen LogP contribution in [0.3, 0.4) is 0 Å². The number of fused-ring (bicyclic) bond motifs is 1. The molecule has 0 fully saturated rings. The highest BCUT2D eigenvalue weighted by Crippen LogP contribution is 2.26. The number of nitrogens with zero attached hydrogens (tertiary/aromatic N) is 1. The van der Waals surface area contributed by atoms with E-state index in [0.29, 0.717) is 0 Å². The molecule has 0 saturated carbocycles. The summed E-state index contributed by atoms with van der Waals surface area (Å²) in [7, 11) is 1.84. The predicted octanol–water partition coefficient (Wildman–Crippen LogP) is 1.57. The van der Waals surface area contributed by atoms with Gasteiger partial charge in [0.2, 0.25) is 0 Å². The second-order valence-electron chi connectivity index (χ2n) is 4.79. The molecule has 1 aromatic carbocycles. The summed E-state index contributed by atoms with van der Waals surface area (Å²) in [5, 5.41) is 8.92. The van der Waals surface area contributed by atoms with Crippen molar-refractivity contribution in [2.24, 2.45) is 0 Å². The van der Waals surface area contributed by atoms with Gasteiger partial charge in [0.1, 0.15) is 11.8 Å². The summed E-state index contributed by atoms with van der Waals surface area (Å²) >= 11 is 0. The van der Waals surface area contributed by atoms with Crippen LogP contribution >= 0.6 is 0 Å². The number of rotatable bonds is 5. The summed E-state index contributed by atoms with van der Waals surface area (Å²) in [6.45, 7) is 3.22. The Balaban J connectivity index is 1.92. The number of carboxylic acid groups (broad SMARTS) is 1. The SMILES string of the molecule is C[C@H](C(=O)O)N(C)CCc1ccc2c(c1)CCO2. The minimum absolute atomic E-state index is 0.442. The third-order valence-corrected chi connectivity index (χ3v) is 3.53. The molecular weight excluding hydrogens is 230 g/mol. The largest absolute Gasteiger partial charge is 0.493 e. The van der Waals surface area contributed by atoms with Crippen LogP contribution in [-0.2, 0) is 17.6 Å². The van der Waals surface area contributed by atoms with Gasteiger partial charge >= 0.3 is 5.97 Å². The molecule has 1 heterocycles. The summed E-state index contributed by atoms with van der Waals surface area (Å²) in [5.74, 6) is 0.214. The van der Waals surface area contributed by atoms with Crippen molar-refractivity contribution >= 4 is 5.97 Å². The van der Waals surface area contributed by atoms with E-state index < -0.39 is 12.0 Å². The van der Waals surface area contributed by atoms with Crippen LogP contribution in [0, 0.1) is 0 Å². The van der Waals surface area contributed by atoms with Crippen LogP contribution in [0.2, 0.25) is 0 Å². The Labute approximate surface area is 107 Å². The first-order chi connectivity index (χ1) is 8.58.